The average Bonchev–Trinajstić information content (AvgIpc) is 3.20. The lowest BCUT2D eigenvalue weighted by Crippen LogP contribution is -2.30. The van der Waals surface area contributed by atoms with Crippen molar-refractivity contribution in [2.75, 3.05) is 11.9 Å². The number of aromatic nitrogens is 1. The third-order valence-electron chi connectivity index (χ3n) is 4.00. The first-order valence-electron chi connectivity index (χ1n) is 7.53. The highest BCUT2D eigenvalue weighted by molar-refractivity contribution is 5.53. The summed E-state index contributed by atoms with van der Waals surface area (Å²) in [6.45, 7) is 7.56. The van der Waals surface area contributed by atoms with Gasteiger partial charge in [0.25, 0.3) is 0 Å². The van der Waals surface area contributed by atoms with E-state index in [-0.39, 0.29) is 0 Å². The van der Waals surface area contributed by atoms with Crippen LogP contribution in [0.2, 0.25) is 0 Å². The van der Waals surface area contributed by atoms with E-state index in [0.29, 0.717) is 6.04 Å². The van der Waals surface area contributed by atoms with Gasteiger partial charge >= 0.3 is 0 Å². The Labute approximate surface area is 117 Å². The molecule has 0 saturated heterocycles. The van der Waals surface area contributed by atoms with Crippen molar-refractivity contribution in [3.8, 4) is 0 Å². The van der Waals surface area contributed by atoms with Gasteiger partial charge in [-0.3, -0.25) is 4.98 Å². The summed E-state index contributed by atoms with van der Waals surface area (Å²) in [7, 11) is 2.20. The van der Waals surface area contributed by atoms with Crippen molar-refractivity contribution < 1.29 is 0 Å². The van der Waals surface area contributed by atoms with Crippen LogP contribution in [0.3, 0.4) is 0 Å². The molecule has 19 heavy (non-hydrogen) atoms. The lowest BCUT2D eigenvalue weighted by atomic mass is 10.1. The number of hydrogen-bond donors (Lipinski definition) is 1. The summed E-state index contributed by atoms with van der Waals surface area (Å²) in [6.07, 6.45) is 7.15. The molecule has 1 N–H and O–H groups in total. The van der Waals surface area contributed by atoms with Gasteiger partial charge in [-0.05, 0) is 39.2 Å². The van der Waals surface area contributed by atoms with Gasteiger partial charge in [0, 0.05) is 48.8 Å². The summed E-state index contributed by atoms with van der Waals surface area (Å²) in [5.74, 6) is 0. The maximum absolute atomic E-state index is 4.46. The van der Waals surface area contributed by atoms with Crippen molar-refractivity contribution in [3.63, 3.8) is 0 Å². The Morgan fingerprint density at radius 2 is 2.21 bits per heavy atom. The molecule has 1 saturated carbocycles. The Kier molecular flexibility index (Phi) is 4.81. The fraction of sp³-hybridized carbons (Fsp3) is 0.688. The standard InChI is InChI=1S/C16H27N3/c1-5-6-13(3)19(4)16-9-12(2)17-10-14(16)11-18-15-7-8-15/h9-10,13,15,18H,5-8,11H2,1-4H3. The van der Waals surface area contributed by atoms with Crippen LogP contribution in [0.4, 0.5) is 5.69 Å². The van der Waals surface area contributed by atoms with E-state index >= 15 is 0 Å². The first-order valence-corrected chi connectivity index (χ1v) is 7.53. The number of nitrogens with one attached hydrogen (secondary N) is 1. The van der Waals surface area contributed by atoms with Crippen LogP contribution in [-0.4, -0.2) is 24.1 Å². The molecule has 1 aliphatic rings. The Bertz CT molecular complexity index is 412. The molecule has 1 fully saturated rings. The normalized spacial score (nSPS) is 16.4. The molecule has 0 spiro atoms. The van der Waals surface area contributed by atoms with E-state index < -0.39 is 0 Å². The van der Waals surface area contributed by atoms with E-state index in [0.717, 1.165) is 18.3 Å². The van der Waals surface area contributed by atoms with Crippen molar-refractivity contribution in [1.82, 2.24) is 10.3 Å². The lowest BCUT2D eigenvalue weighted by Gasteiger charge is -2.29. The number of aryl methyl sites for hydroxylation is 1. The van der Waals surface area contributed by atoms with E-state index in [4.69, 9.17) is 0 Å². The molecule has 106 valence electrons. The van der Waals surface area contributed by atoms with Gasteiger partial charge < -0.3 is 10.2 Å². The highest BCUT2D eigenvalue weighted by atomic mass is 15.1. The minimum absolute atomic E-state index is 0.575. The second-order valence-corrected chi connectivity index (χ2v) is 5.86. The van der Waals surface area contributed by atoms with Crippen LogP contribution in [0, 0.1) is 6.92 Å². The van der Waals surface area contributed by atoms with Gasteiger partial charge in [0.1, 0.15) is 0 Å². The Balaban J connectivity index is 2.12. The van der Waals surface area contributed by atoms with Gasteiger partial charge in [-0.25, -0.2) is 0 Å². The Morgan fingerprint density at radius 3 is 2.84 bits per heavy atom. The number of nitrogens with zero attached hydrogens (tertiary/aromatic N) is 2. The van der Waals surface area contributed by atoms with Gasteiger partial charge in [0.15, 0.2) is 0 Å². The lowest BCUT2D eigenvalue weighted by molar-refractivity contribution is 0.609. The zero-order valence-corrected chi connectivity index (χ0v) is 12.7. The van der Waals surface area contributed by atoms with Crippen molar-refractivity contribution in [3.05, 3.63) is 23.5 Å². The molecule has 1 aromatic heterocycles. The monoisotopic (exact) mass is 261 g/mol. The molecular weight excluding hydrogens is 234 g/mol. The predicted molar refractivity (Wildman–Crippen MR) is 81.6 cm³/mol. The van der Waals surface area contributed by atoms with Gasteiger partial charge in [-0.15, -0.1) is 0 Å². The molecule has 0 aromatic carbocycles. The van der Waals surface area contributed by atoms with Gasteiger partial charge in [-0.1, -0.05) is 13.3 Å². The largest absolute Gasteiger partial charge is 0.372 e. The fourth-order valence-corrected chi connectivity index (χ4v) is 2.43. The summed E-state index contributed by atoms with van der Waals surface area (Å²) < 4.78 is 0. The van der Waals surface area contributed by atoms with E-state index in [1.807, 2.05) is 6.20 Å². The van der Waals surface area contributed by atoms with Gasteiger partial charge in [-0.2, -0.15) is 0 Å². The van der Waals surface area contributed by atoms with E-state index in [1.165, 1.54) is 36.9 Å². The maximum Gasteiger partial charge on any atom is 0.0445 e. The first-order chi connectivity index (χ1) is 9.11. The van der Waals surface area contributed by atoms with Crippen molar-refractivity contribution in [2.24, 2.45) is 0 Å². The fourth-order valence-electron chi connectivity index (χ4n) is 2.43. The van der Waals surface area contributed by atoms with Gasteiger partial charge in [0.05, 0.1) is 0 Å². The van der Waals surface area contributed by atoms with Gasteiger partial charge in [0.2, 0.25) is 0 Å². The highest BCUT2D eigenvalue weighted by Gasteiger charge is 2.21. The summed E-state index contributed by atoms with van der Waals surface area (Å²) in [5, 5.41) is 3.59. The van der Waals surface area contributed by atoms with Crippen LogP contribution in [0.25, 0.3) is 0 Å². The smallest absolute Gasteiger partial charge is 0.0445 e. The van der Waals surface area contributed by atoms with Crippen LogP contribution in [0.5, 0.6) is 0 Å². The molecule has 1 aromatic rings. The van der Waals surface area contributed by atoms with E-state index in [9.17, 15) is 0 Å². The molecule has 1 unspecified atom stereocenters. The Hall–Kier alpha value is -1.09. The van der Waals surface area contributed by atoms with Crippen molar-refractivity contribution in [2.45, 2.75) is 65.1 Å². The van der Waals surface area contributed by atoms with Crippen molar-refractivity contribution in [1.29, 1.82) is 0 Å². The SMILES string of the molecule is CCCC(C)N(C)c1cc(C)ncc1CNC1CC1. The average molecular weight is 261 g/mol. The minimum atomic E-state index is 0.575. The van der Waals surface area contributed by atoms with Crippen LogP contribution in [-0.2, 0) is 6.54 Å². The number of hydrogen-bond acceptors (Lipinski definition) is 3. The zero-order valence-electron chi connectivity index (χ0n) is 12.7. The molecule has 0 aliphatic heterocycles. The van der Waals surface area contributed by atoms with Crippen LogP contribution >= 0.6 is 0 Å². The minimum Gasteiger partial charge on any atom is -0.372 e. The molecule has 1 heterocycles. The molecule has 3 heteroatoms. The van der Waals surface area contributed by atoms with E-state index in [1.54, 1.807) is 0 Å². The maximum atomic E-state index is 4.46. The number of pyridine rings is 1. The molecule has 2 rings (SSSR count). The van der Waals surface area contributed by atoms with Crippen LogP contribution in [0.15, 0.2) is 12.3 Å². The molecule has 3 nitrogen and oxygen atoms in total. The molecule has 0 bridgehead atoms. The highest BCUT2D eigenvalue weighted by Crippen LogP contribution is 2.25. The summed E-state index contributed by atoms with van der Waals surface area (Å²) in [4.78, 5) is 6.86. The third-order valence-corrected chi connectivity index (χ3v) is 4.00. The summed E-state index contributed by atoms with van der Waals surface area (Å²) >= 11 is 0. The second kappa shape index (κ2) is 6.38. The molecule has 1 aliphatic carbocycles. The first kappa shape index (κ1) is 14.3. The van der Waals surface area contributed by atoms with Crippen LogP contribution < -0.4 is 10.2 Å². The number of rotatable bonds is 7. The zero-order chi connectivity index (χ0) is 13.8. The predicted octanol–water partition coefficient (Wildman–Crippen LogP) is 3.27. The topological polar surface area (TPSA) is 28.2 Å². The van der Waals surface area contributed by atoms with E-state index in [2.05, 4.69) is 49.1 Å². The Morgan fingerprint density at radius 1 is 1.47 bits per heavy atom. The summed E-state index contributed by atoms with van der Waals surface area (Å²) in [6, 6.07) is 3.54. The molecular formula is C16H27N3. The summed E-state index contributed by atoms with van der Waals surface area (Å²) in [5.41, 5.74) is 3.75. The third kappa shape index (κ3) is 3.93. The second-order valence-electron chi connectivity index (χ2n) is 5.86. The molecule has 1 atom stereocenters. The van der Waals surface area contributed by atoms with Crippen molar-refractivity contribution >= 4 is 5.69 Å². The number of anilines is 1. The molecule has 0 amide bonds. The quantitative estimate of drug-likeness (QED) is 0.816. The molecule has 0 radical (unpaired) electrons. The van der Waals surface area contributed by atoms with Crippen LogP contribution in [0.1, 0.15) is 50.8 Å².